The third kappa shape index (κ3) is 3.87. The van der Waals surface area contributed by atoms with Gasteiger partial charge in [0.05, 0.1) is 6.61 Å². The first-order chi connectivity index (χ1) is 9.74. The van der Waals surface area contributed by atoms with Crippen molar-refractivity contribution in [3.8, 4) is 0 Å². The Morgan fingerprint density at radius 3 is 2.95 bits per heavy atom. The van der Waals surface area contributed by atoms with Crippen LogP contribution in [0.2, 0.25) is 0 Å². The molecule has 1 aromatic heterocycles. The SMILES string of the molecule is CCNc1nnc(C(=O)N2CCCN(CCO)CC2)s1. The average Bonchev–Trinajstić information content (AvgIpc) is 2.78. The van der Waals surface area contributed by atoms with Crippen LogP contribution in [-0.2, 0) is 0 Å². The number of hydrogen-bond acceptors (Lipinski definition) is 7. The van der Waals surface area contributed by atoms with Crippen LogP contribution in [0.15, 0.2) is 0 Å². The van der Waals surface area contributed by atoms with Crippen molar-refractivity contribution in [1.82, 2.24) is 20.0 Å². The van der Waals surface area contributed by atoms with E-state index >= 15 is 0 Å². The summed E-state index contributed by atoms with van der Waals surface area (Å²) in [5, 5.41) is 21.1. The molecule has 8 heteroatoms. The van der Waals surface area contributed by atoms with Crippen LogP contribution in [0.3, 0.4) is 0 Å². The molecule has 1 amide bonds. The lowest BCUT2D eigenvalue weighted by molar-refractivity contribution is 0.0759. The zero-order chi connectivity index (χ0) is 14.4. The molecule has 1 aliphatic heterocycles. The molecule has 1 aliphatic rings. The van der Waals surface area contributed by atoms with Gasteiger partial charge in [0.1, 0.15) is 0 Å². The Labute approximate surface area is 122 Å². The van der Waals surface area contributed by atoms with Gasteiger partial charge in [-0.15, -0.1) is 10.2 Å². The second-order valence-corrected chi connectivity index (χ2v) is 5.63. The van der Waals surface area contributed by atoms with Crippen LogP contribution in [-0.4, -0.2) is 76.9 Å². The van der Waals surface area contributed by atoms with Crippen LogP contribution in [0, 0.1) is 0 Å². The monoisotopic (exact) mass is 299 g/mol. The Balaban J connectivity index is 1.94. The number of hydrogen-bond donors (Lipinski definition) is 2. The molecule has 7 nitrogen and oxygen atoms in total. The van der Waals surface area contributed by atoms with E-state index in [9.17, 15) is 4.79 Å². The van der Waals surface area contributed by atoms with E-state index in [1.807, 2.05) is 11.8 Å². The number of rotatable bonds is 5. The predicted octanol–water partition coefficient (Wildman–Crippen LogP) is 0.110. The highest BCUT2D eigenvalue weighted by Crippen LogP contribution is 2.17. The molecule has 2 N–H and O–H groups in total. The van der Waals surface area contributed by atoms with Crippen LogP contribution in [0.25, 0.3) is 0 Å². The number of β-amino-alcohol motifs (C(OH)–C–C–N with tert-alkyl or cyclic N) is 1. The van der Waals surface area contributed by atoms with Crippen LogP contribution < -0.4 is 5.32 Å². The highest BCUT2D eigenvalue weighted by atomic mass is 32.1. The number of aliphatic hydroxyl groups excluding tert-OH is 1. The summed E-state index contributed by atoms with van der Waals surface area (Å²) in [6, 6.07) is 0. The van der Waals surface area contributed by atoms with Crippen molar-refractivity contribution in [2.45, 2.75) is 13.3 Å². The molecule has 1 saturated heterocycles. The Kier molecular flexibility index (Phi) is 5.69. The van der Waals surface area contributed by atoms with Crippen LogP contribution in [0.4, 0.5) is 5.13 Å². The van der Waals surface area contributed by atoms with Crippen LogP contribution in [0.5, 0.6) is 0 Å². The molecule has 20 heavy (non-hydrogen) atoms. The summed E-state index contributed by atoms with van der Waals surface area (Å²) in [4.78, 5) is 16.4. The van der Waals surface area contributed by atoms with E-state index in [0.29, 0.717) is 23.2 Å². The lowest BCUT2D eigenvalue weighted by Crippen LogP contribution is -2.35. The quantitative estimate of drug-likeness (QED) is 0.803. The molecule has 0 bridgehead atoms. The van der Waals surface area contributed by atoms with Gasteiger partial charge in [-0.3, -0.25) is 9.69 Å². The van der Waals surface area contributed by atoms with Gasteiger partial charge in [0.15, 0.2) is 0 Å². The molecule has 1 fully saturated rings. The van der Waals surface area contributed by atoms with Gasteiger partial charge in [-0.1, -0.05) is 11.3 Å². The Bertz CT molecular complexity index is 439. The molecule has 112 valence electrons. The number of aromatic nitrogens is 2. The van der Waals surface area contributed by atoms with E-state index in [1.165, 1.54) is 11.3 Å². The number of nitrogens with zero attached hydrogens (tertiary/aromatic N) is 4. The van der Waals surface area contributed by atoms with Crippen molar-refractivity contribution in [3.05, 3.63) is 5.01 Å². The van der Waals surface area contributed by atoms with Gasteiger partial charge in [0.2, 0.25) is 10.1 Å². The topological polar surface area (TPSA) is 81.6 Å². The van der Waals surface area contributed by atoms with Crippen molar-refractivity contribution >= 4 is 22.4 Å². The van der Waals surface area contributed by atoms with Gasteiger partial charge < -0.3 is 15.3 Å². The van der Waals surface area contributed by atoms with Gasteiger partial charge in [-0.25, -0.2) is 0 Å². The fourth-order valence-corrected chi connectivity index (χ4v) is 2.99. The largest absolute Gasteiger partial charge is 0.395 e. The molecule has 2 rings (SSSR count). The summed E-state index contributed by atoms with van der Waals surface area (Å²) in [5.74, 6) is -0.0440. The van der Waals surface area contributed by atoms with E-state index in [4.69, 9.17) is 5.11 Å². The number of anilines is 1. The first-order valence-electron chi connectivity index (χ1n) is 6.94. The minimum absolute atomic E-state index is 0.0440. The lowest BCUT2D eigenvalue weighted by atomic mass is 10.4. The summed E-state index contributed by atoms with van der Waals surface area (Å²) < 4.78 is 0. The standard InChI is InChI=1S/C12H21N5O2S/c1-2-13-12-15-14-10(20-12)11(19)17-5-3-4-16(6-7-17)8-9-18/h18H,2-9H2,1H3,(H,13,15). The van der Waals surface area contributed by atoms with Gasteiger partial charge in [0.25, 0.3) is 5.91 Å². The zero-order valence-corrected chi connectivity index (χ0v) is 12.5. The maximum absolute atomic E-state index is 12.4. The molecule has 0 aliphatic carbocycles. The number of amides is 1. The molecular formula is C12H21N5O2S. The minimum Gasteiger partial charge on any atom is -0.395 e. The molecular weight excluding hydrogens is 278 g/mol. The Hall–Kier alpha value is -1.25. The van der Waals surface area contributed by atoms with Gasteiger partial charge in [-0.2, -0.15) is 0 Å². The van der Waals surface area contributed by atoms with Crippen LogP contribution in [0.1, 0.15) is 23.1 Å². The van der Waals surface area contributed by atoms with Gasteiger partial charge in [0, 0.05) is 32.7 Å². The predicted molar refractivity (Wildman–Crippen MR) is 78.1 cm³/mol. The zero-order valence-electron chi connectivity index (χ0n) is 11.7. The maximum Gasteiger partial charge on any atom is 0.284 e. The Morgan fingerprint density at radius 1 is 1.35 bits per heavy atom. The van der Waals surface area contributed by atoms with Crippen molar-refractivity contribution < 1.29 is 9.90 Å². The van der Waals surface area contributed by atoms with Crippen molar-refractivity contribution in [2.75, 3.05) is 51.2 Å². The maximum atomic E-state index is 12.4. The van der Waals surface area contributed by atoms with Gasteiger partial charge >= 0.3 is 0 Å². The Morgan fingerprint density at radius 2 is 2.20 bits per heavy atom. The normalized spacial score (nSPS) is 17.0. The van der Waals surface area contributed by atoms with E-state index < -0.39 is 0 Å². The summed E-state index contributed by atoms with van der Waals surface area (Å²) in [5.41, 5.74) is 0. The summed E-state index contributed by atoms with van der Waals surface area (Å²) >= 11 is 1.30. The van der Waals surface area contributed by atoms with Crippen LogP contribution >= 0.6 is 11.3 Å². The number of nitrogens with one attached hydrogen (secondary N) is 1. The molecule has 0 radical (unpaired) electrons. The van der Waals surface area contributed by atoms with E-state index in [1.54, 1.807) is 0 Å². The molecule has 0 atom stereocenters. The van der Waals surface area contributed by atoms with Gasteiger partial charge in [-0.05, 0) is 19.9 Å². The van der Waals surface area contributed by atoms with Crippen molar-refractivity contribution in [1.29, 1.82) is 0 Å². The second-order valence-electron chi connectivity index (χ2n) is 4.65. The summed E-state index contributed by atoms with van der Waals surface area (Å²) in [7, 11) is 0. The molecule has 0 spiro atoms. The van der Waals surface area contributed by atoms with E-state index in [2.05, 4.69) is 20.4 Å². The first-order valence-corrected chi connectivity index (χ1v) is 7.76. The van der Waals surface area contributed by atoms with Crippen molar-refractivity contribution in [3.63, 3.8) is 0 Å². The number of aliphatic hydroxyl groups is 1. The fourth-order valence-electron chi connectivity index (χ4n) is 2.21. The van der Waals surface area contributed by atoms with E-state index in [0.717, 1.165) is 32.6 Å². The molecule has 2 heterocycles. The number of carbonyl (C=O) groups excluding carboxylic acids is 1. The van der Waals surface area contributed by atoms with Crippen molar-refractivity contribution in [2.24, 2.45) is 0 Å². The first kappa shape index (κ1) is 15.1. The van der Waals surface area contributed by atoms with E-state index in [-0.39, 0.29) is 12.5 Å². The molecule has 0 saturated carbocycles. The summed E-state index contributed by atoms with van der Waals surface area (Å²) in [6.45, 7) is 6.71. The minimum atomic E-state index is -0.0440. The highest BCUT2D eigenvalue weighted by molar-refractivity contribution is 7.17. The number of carbonyl (C=O) groups is 1. The molecule has 1 aromatic rings. The highest BCUT2D eigenvalue weighted by Gasteiger charge is 2.23. The smallest absolute Gasteiger partial charge is 0.284 e. The fraction of sp³-hybridized carbons (Fsp3) is 0.750. The third-order valence-electron chi connectivity index (χ3n) is 3.23. The second kappa shape index (κ2) is 7.51. The third-order valence-corrected chi connectivity index (χ3v) is 4.10. The molecule has 0 aromatic carbocycles. The average molecular weight is 299 g/mol. The summed E-state index contributed by atoms with van der Waals surface area (Å²) in [6.07, 6.45) is 0.921. The lowest BCUT2D eigenvalue weighted by Gasteiger charge is -2.20. The molecule has 0 unspecified atom stereocenters.